The van der Waals surface area contributed by atoms with Crippen LogP contribution in [0.3, 0.4) is 0 Å². The molecule has 0 spiro atoms. The minimum absolute atomic E-state index is 0.0570. The van der Waals surface area contributed by atoms with Gasteiger partial charge in [0.25, 0.3) is 21.6 Å². The molecular weight excluding hydrogens is 446 g/mol. The smallest absolute Gasteiger partial charge is 0.276 e. The molecule has 1 amide bonds. The van der Waals surface area contributed by atoms with E-state index in [1.165, 1.54) is 53.2 Å². The summed E-state index contributed by atoms with van der Waals surface area (Å²) in [4.78, 5) is 23.1. The summed E-state index contributed by atoms with van der Waals surface area (Å²) < 4.78 is 29.2. The van der Waals surface area contributed by atoms with Gasteiger partial charge in [0.15, 0.2) is 5.69 Å². The molecule has 4 rings (SSSR count). The van der Waals surface area contributed by atoms with Crippen LogP contribution in [0.4, 0.5) is 17.1 Å². The number of nitro groups is 1. The molecule has 0 saturated carbocycles. The number of aromatic nitrogens is 2. The van der Waals surface area contributed by atoms with Crippen LogP contribution in [0.2, 0.25) is 0 Å². The van der Waals surface area contributed by atoms with Gasteiger partial charge in [-0.25, -0.2) is 13.1 Å². The Morgan fingerprint density at radius 2 is 1.52 bits per heavy atom. The number of para-hydroxylation sites is 2. The predicted molar refractivity (Wildman–Crippen MR) is 122 cm³/mol. The van der Waals surface area contributed by atoms with E-state index in [-0.39, 0.29) is 27.7 Å². The molecule has 10 nitrogen and oxygen atoms in total. The van der Waals surface area contributed by atoms with Gasteiger partial charge in [-0.3, -0.25) is 19.6 Å². The number of nitrogens with zero attached hydrogens (tertiary/aromatic N) is 3. The first kappa shape index (κ1) is 21.7. The summed E-state index contributed by atoms with van der Waals surface area (Å²) in [6.07, 6.45) is 1.54. The van der Waals surface area contributed by atoms with Crippen molar-refractivity contribution in [3.05, 3.63) is 107 Å². The van der Waals surface area contributed by atoms with Crippen molar-refractivity contribution in [1.82, 2.24) is 9.78 Å². The van der Waals surface area contributed by atoms with Crippen LogP contribution in [0, 0.1) is 10.1 Å². The van der Waals surface area contributed by atoms with E-state index in [0.717, 1.165) is 0 Å². The summed E-state index contributed by atoms with van der Waals surface area (Å²) in [5.74, 6) is -0.554. The zero-order valence-electron chi connectivity index (χ0n) is 17.0. The molecule has 4 aromatic rings. The van der Waals surface area contributed by atoms with Crippen LogP contribution >= 0.6 is 0 Å². The Morgan fingerprint density at radius 3 is 2.18 bits per heavy atom. The molecule has 1 aromatic heterocycles. The minimum Gasteiger partial charge on any atom is -0.319 e. The molecular formula is C22H17N5O5S. The average Bonchev–Trinajstić information content (AvgIpc) is 3.31. The molecule has 0 aliphatic carbocycles. The fourth-order valence-corrected chi connectivity index (χ4v) is 4.09. The Labute approximate surface area is 188 Å². The summed E-state index contributed by atoms with van der Waals surface area (Å²) >= 11 is 0. The van der Waals surface area contributed by atoms with E-state index in [2.05, 4.69) is 15.1 Å². The number of sulfonamides is 1. The Hall–Kier alpha value is -4.51. The van der Waals surface area contributed by atoms with Crippen molar-refractivity contribution in [1.29, 1.82) is 0 Å². The number of hydrogen-bond acceptors (Lipinski definition) is 6. The fourth-order valence-electron chi connectivity index (χ4n) is 2.99. The highest BCUT2D eigenvalue weighted by atomic mass is 32.2. The number of carbonyl (C=O) groups is 1. The van der Waals surface area contributed by atoms with Gasteiger partial charge in [-0.2, -0.15) is 5.10 Å². The Morgan fingerprint density at radius 1 is 0.879 bits per heavy atom. The van der Waals surface area contributed by atoms with Gasteiger partial charge in [-0.05, 0) is 42.5 Å². The fraction of sp³-hybridized carbons (Fsp3) is 0. The van der Waals surface area contributed by atoms with Crippen LogP contribution in [-0.4, -0.2) is 29.0 Å². The monoisotopic (exact) mass is 463 g/mol. The highest BCUT2D eigenvalue weighted by Crippen LogP contribution is 2.25. The molecule has 0 radical (unpaired) electrons. The standard InChI is InChI=1S/C22H17N5O5S/c28-22(21-14-15-26(24-21)16-10-12-17(13-11-16)27(29)30)23-19-8-4-5-9-20(19)25-33(31,32)18-6-2-1-3-7-18/h1-15,25H,(H,23,28). The third-order valence-electron chi connectivity index (χ3n) is 4.62. The number of non-ortho nitro benzene ring substituents is 1. The maximum absolute atomic E-state index is 12.7. The highest BCUT2D eigenvalue weighted by Gasteiger charge is 2.18. The number of rotatable bonds is 7. The van der Waals surface area contributed by atoms with Crippen LogP contribution in [0.15, 0.2) is 96.0 Å². The molecule has 0 atom stereocenters. The molecule has 0 bridgehead atoms. The number of anilines is 2. The van der Waals surface area contributed by atoms with E-state index in [9.17, 15) is 23.3 Å². The van der Waals surface area contributed by atoms with Gasteiger partial charge in [0, 0.05) is 18.3 Å². The summed E-state index contributed by atoms with van der Waals surface area (Å²) in [6.45, 7) is 0. The number of nitrogens with one attached hydrogen (secondary N) is 2. The molecule has 0 unspecified atom stereocenters. The molecule has 33 heavy (non-hydrogen) atoms. The van der Waals surface area contributed by atoms with Gasteiger partial charge >= 0.3 is 0 Å². The molecule has 0 aliphatic heterocycles. The molecule has 11 heteroatoms. The van der Waals surface area contributed by atoms with Gasteiger partial charge < -0.3 is 5.32 Å². The van der Waals surface area contributed by atoms with Gasteiger partial charge in [0.2, 0.25) is 0 Å². The second kappa shape index (κ2) is 8.93. The third kappa shape index (κ3) is 4.88. The number of nitro benzene ring substituents is 1. The van der Waals surface area contributed by atoms with Crippen LogP contribution < -0.4 is 10.0 Å². The van der Waals surface area contributed by atoms with E-state index >= 15 is 0 Å². The first-order chi connectivity index (χ1) is 15.8. The first-order valence-electron chi connectivity index (χ1n) is 9.62. The largest absolute Gasteiger partial charge is 0.319 e. The lowest BCUT2D eigenvalue weighted by Gasteiger charge is -2.13. The van der Waals surface area contributed by atoms with E-state index < -0.39 is 20.9 Å². The summed E-state index contributed by atoms with van der Waals surface area (Å²) in [6, 6.07) is 21.5. The maximum Gasteiger partial charge on any atom is 0.276 e. The van der Waals surface area contributed by atoms with E-state index in [0.29, 0.717) is 5.69 Å². The van der Waals surface area contributed by atoms with Crippen LogP contribution in [0.25, 0.3) is 5.69 Å². The summed E-state index contributed by atoms with van der Waals surface area (Å²) in [5.41, 5.74) is 1.01. The van der Waals surface area contributed by atoms with Crippen molar-refractivity contribution in [3.63, 3.8) is 0 Å². The number of benzene rings is 3. The number of amides is 1. The second-order valence-corrected chi connectivity index (χ2v) is 8.52. The molecule has 0 fully saturated rings. The average molecular weight is 463 g/mol. The van der Waals surface area contributed by atoms with Gasteiger partial charge in [-0.1, -0.05) is 30.3 Å². The van der Waals surface area contributed by atoms with Crippen molar-refractivity contribution in [3.8, 4) is 5.69 Å². The maximum atomic E-state index is 12.7. The molecule has 3 aromatic carbocycles. The lowest BCUT2D eigenvalue weighted by Crippen LogP contribution is -2.17. The van der Waals surface area contributed by atoms with Crippen molar-refractivity contribution in [2.24, 2.45) is 0 Å². The summed E-state index contributed by atoms with van der Waals surface area (Å²) in [7, 11) is -3.85. The number of carbonyl (C=O) groups excluding carboxylic acids is 1. The van der Waals surface area contributed by atoms with E-state index in [4.69, 9.17) is 0 Å². The molecule has 1 heterocycles. The molecule has 0 saturated heterocycles. The molecule has 2 N–H and O–H groups in total. The summed E-state index contributed by atoms with van der Waals surface area (Å²) in [5, 5.41) is 17.7. The van der Waals surface area contributed by atoms with Crippen molar-refractivity contribution in [2.75, 3.05) is 10.0 Å². The lowest BCUT2D eigenvalue weighted by molar-refractivity contribution is -0.384. The van der Waals surface area contributed by atoms with Gasteiger partial charge in [-0.15, -0.1) is 0 Å². The minimum atomic E-state index is -3.85. The SMILES string of the molecule is O=C(Nc1ccccc1NS(=O)(=O)c1ccccc1)c1ccn(-c2ccc([N+](=O)[O-])cc2)n1. The van der Waals surface area contributed by atoms with Crippen molar-refractivity contribution < 1.29 is 18.1 Å². The normalized spacial score (nSPS) is 11.0. The predicted octanol–water partition coefficient (Wildman–Crippen LogP) is 3.83. The topological polar surface area (TPSA) is 136 Å². The number of hydrogen-bond donors (Lipinski definition) is 2. The van der Waals surface area contributed by atoms with E-state index in [1.807, 2.05) is 0 Å². The molecule has 166 valence electrons. The Balaban J connectivity index is 1.52. The van der Waals surface area contributed by atoms with Crippen LogP contribution in [-0.2, 0) is 10.0 Å². The van der Waals surface area contributed by atoms with Gasteiger partial charge in [0.1, 0.15) is 0 Å². The lowest BCUT2D eigenvalue weighted by atomic mass is 10.2. The molecule has 0 aliphatic rings. The van der Waals surface area contributed by atoms with Gasteiger partial charge in [0.05, 0.1) is 26.9 Å². The van der Waals surface area contributed by atoms with Crippen molar-refractivity contribution in [2.45, 2.75) is 4.90 Å². The highest BCUT2D eigenvalue weighted by molar-refractivity contribution is 7.92. The quantitative estimate of drug-likeness (QED) is 0.316. The van der Waals surface area contributed by atoms with Crippen LogP contribution in [0.5, 0.6) is 0 Å². The first-order valence-corrected chi connectivity index (χ1v) is 11.1. The zero-order valence-corrected chi connectivity index (χ0v) is 17.8. The Bertz CT molecular complexity index is 1420. The second-order valence-electron chi connectivity index (χ2n) is 6.84. The Kier molecular flexibility index (Phi) is 5.87. The van der Waals surface area contributed by atoms with E-state index in [1.54, 1.807) is 42.6 Å². The van der Waals surface area contributed by atoms with Crippen LogP contribution in [0.1, 0.15) is 10.5 Å². The van der Waals surface area contributed by atoms with Crippen molar-refractivity contribution >= 4 is 33.0 Å². The zero-order chi connectivity index (χ0) is 23.4. The third-order valence-corrected chi connectivity index (χ3v) is 6.00.